The van der Waals surface area contributed by atoms with Gasteiger partial charge in [-0.25, -0.2) is 4.68 Å². The second-order valence-electron chi connectivity index (χ2n) is 6.35. The maximum atomic E-state index is 10.0. The van der Waals surface area contributed by atoms with E-state index in [-0.39, 0.29) is 11.5 Å². The van der Waals surface area contributed by atoms with Crippen molar-refractivity contribution in [2.24, 2.45) is 10.1 Å². The fraction of sp³-hybridized carbons (Fsp3) is 0.0909. The van der Waals surface area contributed by atoms with Gasteiger partial charge in [0.15, 0.2) is 0 Å². The molecule has 3 aromatic carbocycles. The number of benzene rings is 3. The highest BCUT2D eigenvalue weighted by atomic mass is 32.1. The van der Waals surface area contributed by atoms with E-state index in [9.17, 15) is 10.2 Å². The van der Waals surface area contributed by atoms with E-state index in [4.69, 9.17) is 4.74 Å². The molecule has 7 heteroatoms. The Labute approximate surface area is 171 Å². The molecule has 0 saturated carbocycles. The van der Waals surface area contributed by atoms with Crippen molar-refractivity contribution < 1.29 is 14.9 Å². The Hall–Kier alpha value is -3.58. The van der Waals surface area contributed by atoms with E-state index < -0.39 is 0 Å². The zero-order valence-corrected chi connectivity index (χ0v) is 16.7. The Balaban J connectivity index is 1.78. The number of methoxy groups -OCH3 is 1. The zero-order valence-electron chi connectivity index (χ0n) is 15.9. The highest BCUT2D eigenvalue weighted by Gasteiger charge is 2.09. The van der Waals surface area contributed by atoms with Gasteiger partial charge in [0, 0.05) is 29.6 Å². The number of rotatable bonds is 4. The van der Waals surface area contributed by atoms with E-state index in [1.807, 2.05) is 35.7 Å². The van der Waals surface area contributed by atoms with Crippen molar-refractivity contribution in [1.82, 2.24) is 4.68 Å². The first-order valence-corrected chi connectivity index (χ1v) is 9.75. The summed E-state index contributed by atoms with van der Waals surface area (Å²) >= 11 is 1.48. The van der Waals surface area contributed by atoms with Crippen LogP contribution in [0.4, 0.5) is 0 Å². The Morgan fingerprint density at radius 2 is 1.79 bits per heavy atom. The molecule has 1 aromatic heterocycles. The van der Waals surface area contributed by atoms with Gasteiger partial charge in [-0.05, 0) is 41.1 Å². The van der Waals surface area contributed by atoms with Crippen LogP contribution in [0.25, 0.3) is 22.0 Å². The van der Waals surface area contributed by atoms with E-state index in [0.29, 0.717) is 5.56 Å². The molecule has 0 unspecified atom stereocenters. The fourth-order valence-electron chi connectivity index (χ4n) is 3.03. The third-order valence-electron chi connectivity index (χ3n) is 4.55. The molecular formula is C22H19N3O3S. The highest BCUT2D eigenvalue weighted by molar-refractivity contribution is 7.07. The first-order valence-electron chi connectivity index (χ1n) is 8.87. The SMILES string of the molecule is CN=c1scc(-c2ccc3cc(OC)ccc3c2)n1N=Cc1ccc(O)cc1O. The van der Waals surface area contributed by atoms with Crippen molar-refractivity contribution in [1.29, 1.82) is 0 Å². The lowest BCUT2D eigenvalue weighted by Gasteiger charge is -2.07. The summed E-state index contributed by atoms with van der Waals surface area (Å²) in [5.41, 5.74) is 2.39. The quantitative estimate of drug-likeness (QED) is 0.500. The lowest BCUT2D eigenvalue weighted by molar-refractivity contribution is 0.415. The van der Waals surface area contributed by atoms with Gasteiger partial charge in [-0.2, -0.15) is 5.10 Å². The molecule has 0 spiro atoms. The van der Waals surface area contributed by atoms with E-state index in [1.165, 1.54) is 23.5 Å². The fourth-order valence-corrected chi connectivity index (χ4v) is 3.84. The molecule has 1 heterocycles. The molecule has 0 aliphatic rings. The predicted molar refractivity (Wildman–Crippen MR) is 116 cm³/mol. The maximum Gasteiger partial charge on any atom is 0.205 e. The summed E-state index contributed by atoms with van der Waals surface area (Å²) in [5, 5.41) is 28.2. The molecule has 0 fully saturated rings. The number of ether oxygens (including phenoxy) is 1. The monoisotopic (exact) mass is 405 g/mol. The lowest BCUT2D eigenvalue weighted by Crippen LogP contribution is -2.11. The second-order valence-corrected chi connectivity index (χ2v) is 7.19. The van der Waals surface area contributed by atoms with Gasteiger partial charge in [0.1, 0.15) is 17.2 Å². The Morgan fingerprint density at radius 3 is 2.55 bits per heavy atom. The van der Waals surface area contributed by atoms with Crippen LogP contribution in [0.15, 0.2) is 70.1 Å². The number of thiazole rings is 1. The van der Waals surface area contributed by atoms with Gasteiger partial charge in [-0.3, -0.25) is 4.99 Å². The Morgan fingerprint density at radius 1 is 1.00 bits per heavy atom. The minimum atomic E-state index is -0.0410. The standard InChI is InChI=1S/C22H19N3O3S/c1-23-22-25(24-12-17-5-7-18(26)11-21(17)27)20(13-29-22)16-4-3-15-10-19(28-2)8-6-14(15)9-16/h3-13,26-27H,1-2H3. The van der Waals surface area contributed by atoms with Gasteiger partial charge in [-0.15, -0.1) is 11.3 Å². The van der Waals surface area contributed by atoms with Crippen molar-refractivity contribution in [3.05, 3.63) is 70.3 Å². The number of nitrogens with zero attached hydrogens (tertiary/aromatic N) is 3. The minimum Gasteiger partial charge on any atom is -0.508 e. The number of hydrogen-bond acceptors (Lipinski definition) is 6. The highest BCUT2D eigenvalue weighted by Crippen LogP contribution is 2.28. The van der Waals surface area contributed by atoms with Crippen LogP contribution < -0.4 is 9.54 Å². The number of fused-ring (bicyclic) bond motifs is 1. The molecule has 0 aliphatic carbocycles. The molecule has 0 saturated heterocycles. The minimum absolute atomic E-state index is 0.000525. The van der Waals surface area contributed by atoms with E-state index in [1.54, 1.807) is 31.1 Å². The average molecular weight is 405 g/mol. The van der Waals surface area contributed by atoms with Crippen LogP contribution in [0.3, 0.4) is 0 Å². The largest absolute Gasteiger partial charge is 0.508 e. The topological polar surface area (TPSA) is 79.3 Å². The van der Waals surface area contributed by atoms with E-state index >= 15 is 0 Å². The van der Waals surface area contributed by atoms with E-state index in [2.05, 4.69) is 16.2 Å². The summed E-state index contributed by atoms with van der Waals surface area (Å²) in [4.78, 5) is 5.03. The Bertz CT molecular complexity index is 1290. The van der Waals surface area contributed by atoms with Crippen LogP contribution in [-0.4, -0.2) is 35.3 Å². The summed E-state index contributed by atoms with van der Waals surface area (Å²) < 4.78 is 7.03. The normalized spacial score (nSPS) is 12.1. The third-order valence-corrected chi connectivity index (χ3v) is 5.45. The second kappa shape index (κ2) is 7.81. The number of aromatic hydroxyl groups is 2. The van der Waals surface area contributed by atoms with Crippen molar-refractivity contribution in [3.63, 3.8) is 0 Å². The molecule has 0 atom stereocenters. The van der Waals surface area contributed by atoms with Gasteiger partial charge in [0.25, 0.3) is 0 Å². The van der Waals surface area contributed by atoms with Crippen LogP contribution in [0.2, 0.25) is 0 Å². The van der Waals surface area contributed by atoms with Crippen molar-refractivity contribution in [2.45, 2.75) is 0 Å². The Kier molecular flexibility index (Phi) is 5.05. The van der Waals surface area contributed by atoms with Gasteiger partial charge in [0.05, 0.1) is 19.0 Å². The molecule has 4 rings (SSSR count). The molecule has 29 heavy (non-hydrogen) atoms. The van der Waals surface area contributed by atoms with Crippen LogP contribution in [0.1, 0.15) is 5.56 Å². The number of aromatic nitrogens is 1. The summed E-state index contributed by atoms with van der Waals surface area (Å²) in [6.07, 6.45) is 1.55. The number of phenolic OH excluding ortho intramolecular Hbond substituents is 2. The maximum absolute atomic E-state index is 10.0. The first-order chi connectivity index (χ1) is 14.1. The number of phenols is 2. The molecule has 0 aliphatic heterocycles. The van der Waals surface area contributed by atoms with E-state index in [0.717, 1.165) is 32.6 Å². The summed E-state index contributed by atoms with van der Waals surface area (Å²) in [5.74, 6) is 0.780. The van der Waals surface area contributed by atoms with Crippen molar-refractivity contribution in [2.75, 3.05) is 14.2 Å². The average Bonchev–Trinajstić information content (AvgIpc) is 3.15. The van der Waals surface area contributed by atoms with Crippen LogP contribution in [0.5, 0.6) is 17.2 Å². The molecule has 146 valence electrons. The smallest absolute Gasteiger partial charge is 0.205 e. The number of hydrogen-bond donors (Lipinski definition) is 2. The summed E-state index contributed by atoms with van der Waals surface area (Å²) in [7, 11) is 3.37. The molecule has 0 bridgehead atoms. The van der Waals surface area contributed by atoms with Crippen LogP contribution >= 0.6 is 11.3 Å². The summed E-state index contributed by atoms with van der Waals surface area (Å²) in [6, 6.07) is 16.5. The molecule has 2 N–H and O–H groups in total. The first kappa shape index (κ1) is 18.8. The predicted octanol–water partition coefficient (Wildman–Crippen LogP) is 4.20. The third kappa shape index (κ3) is 3.72. The van der Waals surface area contributed by atoms with Gasteiger partial charge >= 0.3 is 0 Å². The van der Waals surface area contributed by atoms with Gasteiger partial charge in [0.2, 0.25) is 4.80 Å². The van der Waals surface area contributed by atoms with Crippen LogP contribution in [-0.2, 0) is 0 Å². The molecule has 0 amide bonds. The lowest BCUT2D eigenvalue weighted by atomic mass is 10.1. The van der Waals surface area contributed by atoms with Gasteiger partial charge < -0.3 is 14.9 Å². The molecule has 0 radical (unpaired) electrons. The molecule has 4 aromatic rings. The van der Waals surface area contributed by atoms with Crippen molar-refractivity contribution >= 4 is 28.3 Å². The molecular weight excluding hydrogens is 386 g/mol. The summed E-state index contributed by atoms with van der Waals surface area (Å²) in [6.45, 7) is 0. The molecule has 6 nitrogen and oxygen atoms in total. The van der Waals surface area contributed by atoms with Gasteiger partial charge in [-0.1, -0.05) is 18.2 Å². The van der Waals surface area contributed by atoms with Crippen LogP contribution in [0, 0.1) is 0 Å². The zero-order chi connectivity index (χ0) is 20.4. The van der Waals surface area contributed by atoms with Crippen molar-refractivity contribution in [3.8, 4) is 28.5 Å².